The normalized spacial score (nSPS) is 10.9. The fourth-order valence-corrected chi connectivity index (χ4v) is 2.36. The summed E-state index contributed by atoms with van der Waals surface area (Å²) in [5, 5.41) is 8.66. The summed E-state index contributed by atoms with van der Waals surface area (Å²) < 4.78 is 0. The largest absolute Gasteiger partial charge is 0.396 e. The smallest absolute Gasteiger partial charge is 0.0431 e. The maximum absolute atomic E-state index is 8.66. The van der Waals surface area contributed by atoms with Gasteiger partial charge < -0.3 is 5.11 Å². The second-order valence-corrected chi connectivity index (χ2v) is 5.66. The molecule has 1 N–H and O–H groups in total. The number of rotatable bonds is 15. The minimum atomic E-state index is 0. The Bertz CT molecular complexity index is 180. The first-order valence-corrected chi connectivity index (χ1v) is 8.67. The molecular weight excluding hydrogens is 280 g/mol. The van der Waals surface area contributed by atoms with Crippen molar-refractivity contribution in [1.82, 2.24) is 0 Å². The predicted molar refractivity (Wildman–Crippen MR) is 86.5 cm³/mol. The van der Waals surface area contributed by atoms with Crippen LogP contribution in [0.2, 0.25) is 0 Å². The second kappa shape index (κ2) is 21.7. The number of aliphatic hydroxyl groups excluding tert-OH is 1. The van der Waals surface area contributed by atoms with Gasteiger partial charge in [-0.1, -0.05) is 76.9 Å². The minimum absolute atomic E-state index is 0. The molecule has 2 heteroatoms. The summed E-state index contributed by atoms with van der Waals surface area (Å²) in [4.78, 5) is 0. The van der Waals surface area contributed by atoms with Crippen LogP contribution in [0.15, 0.2) is 12.2 Å². The van der Waals surface area contributed by atoms with Crippen LogP contribution in [0.3, 0.4) is 0 Å². The Hall–Kier alpha value is 0.414. The molecule has 0 heterocycles. The monoisotopic (exact) mass is 316 g/mol. The quantitative estimate of drug-likeness (QED) is 0.223. The molecule has 118 valence electrons. The van der Waals surface area contributed by atoms with Crippen molar-refractivity contribution in [1.29, 1.82) is 0 Å². The average Bonchev–Trinajstić information content (AvgIpc) is 2.43. The molecule has 0 atom stereocenters. The Morgan fingerprint density at radius 2 is 1.00 bits per heavy atom. The summed E-state index contributed by atoms with van der Waals surface area (Å²) in [6.45, 7) is 2.64. The van der Waals surface area contributed by atoms with Crippen molar-refractivity contribution in [2.75, 3.05) is 6.61 Å². The molecule has 0 aliphatic heterocycles. The third-order valence-electron chi connectivity index (χ3n) is 3.67. The van der Waals surface area contributed by atoms with Crippen LogP contribution in [-0.4, -0.2) is 11.7 Å². The van der Waals surface area contributed by atoms with E-state index in [1.54, 1.807) is 0 Å². The summed E-state index contributed by atoms with van der Waals surface area (Å²) >= 11 is 0. The minimum Gasteiger partial charge on any atom is -0.396 e. The molecule has 20 heavy (non-hydrogen) atoms. The van der Waals surface area contributed by atoms with E-state index >= 15 is 0 Å². The number of hydrogen-bond acceptors (Lipinski definition) is 1. The van der Waals surface area contributed by atoms with Gasteiger partial charge in [-0.3, -0.25) is 0 Å². The fourth-order valence-electron chi connectivity index (χ4n) is 2.36. The van der Waals surface area contributed by atoms with Crippen LogP contribution in [0.4, 0.5) is 0 Å². The molecule has 0 fully saturated rings. The van der Waals surface area contributed by atoms with Crippen LogP contribution in [0.25, 0.3) is 0 Å². The van der Waals surface area contributed by atoms with Gasteiger partial charge in [0.2, 0.25) is 0 Å². The van der Waals surface area contributed by atoms with E-state index in [9.17, 15) is 0 Å². The average molecular weight is 316 g/mol. The summed E-state index contributed by atoms with van der Waals surface area (Å²) in [7, 11) is 0. The number of allylic oxidation sites excluding steroid dienone is 2. The molecule has 0 aromatic carbocycles. The van der Waals surface area contributed by atoms with E-state index in [1.165, 1.54) is 83.5 Å². The van der Waals surface area contributed by atoms with E-state index in [2.05, 4.69) is 19.1 Å². The van der Waals surface area contributed by atoms with Crippen molar-refractivity contribution in [3.63, 3.8) is 0 Å². The van der Waals surface area contributed by atoms with Gasteiger partial charge in [-0.15, -0.1) is 0 Å². The van der Waals surface area contributed by atoms with Gasteiger partial charge in [-0.25, -0.2) is 0 Å². The van der Waals surface area contributed by atoms with Gasteiger partial charge in [0.15, 0.2) is 0 Å². The van der Waals surface area contributed by atoms with Gasteiger partial charge in [0.1, 0.15) is 0 Å². The molecule has 0 aromatic rings. The Labute approximate surface area is 142 Å². The Balaban J connectivity index is 0. The first kappa shape index (κ1) is 22.7. The molecule has 0 spiro atoms. The Kier molecular flexibility index (Phi) is 24.6. The van der Waals surface area contributed by atoms with E-state index in [-0.39, 0.29) is 21.7 Å². The molecule has 0 saturated carbocycles. The van der Waals surface area contributed by atoms with Crippen LogP contribution in [0.5, 0.6) is 0 Å². The van der Waals surface area contributed by atoms with E-state index in [4.69, 9.17) is 5.11 Å². The molecular formula is C18H36OTi. The first-order chi connectivity index (χ1) is 9.41. The van der Waals surface area contributed by atoms with Crippen LogP contribution in [0.1, 0.15) is 96.8 Å². The van der Waals surface area contributed by atoms with Crippen LogP contribution >= 0.6 is 0 Å². The number of hydrogen-bond donors (Lipinski definition) is 1. The third-order valence-corrected chi connectivity index (χ3v) is 3.67. The molecule has 0 aromatic heterocycles. The van der Waals surface area contributed by atoms with E-state index < -0.39 is 0 Å². The van der Waals surface area contributed by atoms with Gasteiger partial charge in [-0.2, -0.15) is 0 Å². The second-order valence-electron chi connectivity index (χ2n) is 5.66. The maximum atomic E-state index is 8.66. The van der Waals surface area contributed by atoms with Gasteiger partial charge in [0.05, 0.1) is 0 Å². The van der Waals surface area contributed by atoms with Gasteiger partial charge in [0.25, 0.3) is 0 Å². The van der Waals surface area contributed by atoms with Gasteiger partial charge >= 0.3 is 0 Å². The molecule has 0 unspecified atom stereocenters. The molecule has 0 rings (SSSR count). The Morgan fingerprint density at radius 3 is 1.45 bits per heavy atom. The maximum Gasteiger partial charge on any atom is 0.0431 e. The zero-order valence-corrected chi connectivity index (χ0v) is 15.3. The first-order valence-electron chi connectivity index (χ1n) is 8.67. The van der Waals surface area contributed by atoms with Crippen molar-refractivity contribution >= 4 is 0 Å². The van der Waals surface area contributed by atoms with E-state index in [1.807, 2.05) is 0 Å². The van der Waals surface area contributed by atoms with Gasteiger partial charge in [-0.05, 0) is 32.1 Å². The topological polar surface area (TPSA) is 20.2 Å². The van der Waals surface area contributed by atoms with Crippen molar-refractivity contribution < 1.29 is 26.8 Å². The fraction of sp³-hybridized carbons (Fsp3) is 0.889. The Morgan fingerprint density at radius 1 is 0.600 bits per heavy atom. The summed E-state index contributed by atoms with van der Waals surface area (Å²) in [6.07, 6.45) is 23.2. The number of aliphatic hydroxyl groups is 1. The van der Waals surface area contributed by atoms with E-state index in [0.717, 1.165) is 6.42 Å². The molecule has 1 nitrogen and oxygen atoms in total. The zero-order valence-electron chi connectivity index (χ0n) is 13.7. The predicted octanol–water partition coefficient (Wildman–Crippen LogP) is 6.01. The van der Waals surface area contributed by atoms with Crippen molar-refractivity contribution in [2.45, 2.75) is 96.8 Å². The third kappa shape index (κ3) is 20.7. The van der Waals surface area contributed by atoms with Crippen LogP contribution in [0, 0.1) is 0 Å². The summed E-state index contributed by atoms with van der Waals surface area (Å²) in [6, 6.07) is 0. The molecule has 0 radical (unpaired) electrons. The molecule has 0 aliphatic carbocycles. The van der Waals surface area contributed by atoms with Crippen molar-refractivity contribution in [3.05, 3.63) is 12.2 Å². The summed E-state index contributed by atoms with van der Waals surface area (Å²) in [5.41, 5.74) is 0. The van der Waals surface area contributed by atoms with Crippen molar-refractivity contribution in [3.8, 4) is 0 Å². The molecule has 0 aliphatic rings. The molecule has 0 bridgehead atoms. The molecule has 0 amide bonds. The standard InChI is InChI=1S/C18H36O.Ti/c1-2-3-4-5-6-7-8-9-10-11-12-13-14-15-16-17-18-19;/h9-10,19H,2-8,11-18H2,1H3;. The van der Waals surface area contributed by atoms with E-state index in [0.29, 0.717) is 6.61 Å². The summed E-state index contributed by atoms with van der Waals surface area (Å²) in [5.74, 6) is 0. The van der Waals surface area contributed by atoms with Gasteiger partial charge in [0, 0.05) is 28.3 Å². The van der Waals surface area contributed by atoms with Crippen LogP contribution in [-0.2, 0) is 21.7 Å². The SMILES string of the molecule is CCCCCCCCC=CCCCCCCCCO.[Ti]. The zero-order chi connectivity index (χ0) is 14.0. The molecule has 0 saturated heterocycles. The number of unbranched alkanes of at least 4 members (excludes halogenated alkanes) is 12. The van der Waals surface area contributed by atoms with Crippen molar-refractivity contribution in [2.24, 2.45) is 0 Å². The van der Waals surface area contributed by atoms with Crippen LogP contribution < -0.4 is 0 Å².